The molecular formula is C11H11ClN4O3S. The average Bonchev–Trinajstić information content (AvgIpc) is 2.78. The van der Waals surface area contributed by atoms with Crippen LogP contribution in [0.2, 0.25) is 5.02 Å². The van der Waals surface area contributed by atoms with Crippen LogP contribution in [-0.2, 0) is 10.0 Å². The summed E-state index contributed by atoms with van der Waals surface area (Å²) in [5.74, 6) is -0.740. The van der Waals surface area contributed by atoms with Gasteiger partial charge in [-0.2, -0.15) is 5.10 Å². The fourth-order valence-electron chi connectivity index (χ4n) is 1.60. The monoisotopic (exact) mass is 314 g/mol. The molecule has 106 valence electrons. The minimum absolute atomic E-state index is 0.0214. The molecule has 0 spiro atoms. The number of carbonyl (C=O) groups is 1. The first-order valence-electron chi connectivity index (χ1n) is 5.43. The number of aromatic amines is 1. The van der Waals surface area contributed by atoms with Crippen molar-refractivity contribution in [2.24, 2.45) is 5.73 Å². The molecule has 0 aliphatic rings. The highest BCUT2D eigenvalue weighted by atomic mass is 35.5. The molecular weight excluding hydrogens is 304 g/mol. The number of sulfonamides is 1. The Bertz CT molecular complexity index is 770. The van der Waals surface area contributed by atoms with Gasteiger partial charge in [-0.3, -0.25) is 14.6 Å². The number of aryl methyl sites for hydroxylation is 1. The second-order valence-corrected chi connectivity index (χ2v) is 6.08. The zero-order valence-electron chi connectivity index (χ0n) is 10.3. The summed E-state index contributed by atoms with van der Waals surface area (Å²) in [6, 6.07) is 4.10. The maximum absolute atomic E-state index is 12.1. The van der Waals surface area contributed by atoms with E-state index in [9.17, 15) is 13.2 Å². The number of halogens is 1. The summed E-state index contributed by atoms with van der Waals surface area (Å²) >= 11 is 5.79. The van der Waals surface area contributed by atoms with Crippen molar-refractivity contribution in [2.75, 3.05) is 4.72 Å². The third kappa shape index (κ3) is 2.75. The van der Waals surface area contributed by atoms with Crippen molar-refractivity contribution in [3.8, 4) is 0 Å². The maximum Gasteiger partial charge on any atom is 0.265 e. The molecule has 9 heteroatoms. The minimum Gasteiger partial charge on any atom is -0.366 e. The van der Waals surface area contributed by atoms with Crippen molar-refractivity contribution >= 4 is 33.2 Å². The number of rotatable bonds is 4. The van der Waals surface area contributed by atoms with Gasteiger partial charge in [-0.25, -0.2) is 8.42 Å². The van der Waals surface area contributed by atoms with Crippen LogP contribution in [0.3, 0.4) is 0 Å². The molecule has 0 radical (unpaired) electrons. The van der Waals surface area contributed by atoms with Gasteiger partial charge in [0.25, 0.3) is 10.0 Å². The topological polar surface area (TPSA) is 118 Å². The Balaban J connectivity index is 2.38. The molecule has 20 heavy (non-hydrogen) atoms. The number of benzene rings is 1. The summed E-state index contributed by atoms with van der Waals surface area (Å²) < 4.78 is 26.6. The molecule has 0 atom stereocenters. The van der Waals surface area contributed by atoms with Crippen LogP contribution < -0.4 is 10.5 Å². The van der Waals surface area contributed by atoms with Gasteiger partial charge >= 0.3 is 0 Å². The van der Waals surface area contributed by atoms with Crippen LogP contribution in [0.15, 0.2) is 29.3 Å². The van der Waals surface area contributed by atoms with E-state index in [0.29, 0.717) is 5.69 Å². The van der Waals surface area contributed by atoms with E-state index >= 15 is 0 Å². The standard InChI is InChI=1S/C11H11ClN4O3S/c1-6-10(5-14-15-6)20(18,19)16-7-2-3-9(12)8(4-7)11(13)17/h2-5,16H,1H3,(H2,13,17)(H,14,15). The van der Waals surface area contributed by atoms with Crippen LogP contribution >= 0.6 is 11.6 Å². The fraction of sp³-hybridized carbons (Fsp3) is 0.0909. The van der Waals surface area contributed by atoms with Gasteiger partial charge in [0.15, 0.2) is 0 Å². The zero-order chi connectivity index (χ0) is 14.9. The highest BCUT2D eigenvalue weighted by Gasteiger charge is 2.19. The fourth-order valence-corrected chi connectivity index (χ4v) is 3.00. The molecule has 0 fully saturated rings. The first kappa shape index (κ1) is 14.4. The van der Waals surface area contributed by atoms with Crippen LogP contribution in [0.4, 0.5) is 5.69 Å². The smallest absolute Gasteiger partial charge is 0.265 e. The third-order valence-electron chi connectivity index (χ3n) is 2.56. The first-order chi connectivity index (χ1) is 9.31. The van der Waals surface area contributed by atoms with Crippen molar-refractivity contribution in [3.05, 3.63) is 40.7 Å². The Morgan fingerprint density at radius 3 is 2.70 bits per heavy atom. The van der Waals surface area contributed by atoms with Gasteiger partial charge in [0.1, 0.15) is 4.90 Å². The minimum atomic E-state index is -3.79. The van der Waals surface area contributed by atoms with Gasteiger partial charge in [-0.1, -0.05) is 11.6 Å². The third-order valence-corrected chi connectivity index (χ3v) is 4.38. The molecule has 1 amide bonds. The van der Waals surface area contributed by atoms with Gasteiger partial charge < -0.3 is 5.73 Å². The molecule has 0 saturated carbocycles. The molecule has 0 unspecified atom stereocenters. The van der Waals surface area contributed by atoms with Crippen LogP contribution in [-0.4, -0.2) is 24.5 Å². The molecule has 1 heterocycles. The summed E-state index contributed by atoms with van der Waals surface area (Å²) in [6.45, 7) is 1.58. The second-order valence-electron chi connectivity index (χ2n) is 4.02. The van der Waals surface area contributed by atoms with Gasteiger partial charge in [-0.15, -0.1) is 0 Å². The number of nitrogens with two attached hydrogens (primary N) is 1. The van der Waals surface area contributed by atoms with Crippen LogP contribution in [0, 0.1) is 6.92 Å². The molecule has 1 aromatic heterocycles. The van der Waals surface area contributed by atoms with Gasteiger partial charge in [0, 0.05) is 5.69 Å². The van der Waals surface area contributed by atoms with Gasteiger partial charge in [0.05, 0.1) is 22.5 Å². The molecule has 0 aliphatic carbocycles. The maximum atomic E-state index is 12.1. The number of nitrogens with zero attached hydrogens (tertiary/aromatic N) is 1. The number of hydrogen-bond donors (Lipinski definition) is 3. The van der Waals surface area contributed by atoms with Crippen molar-refractivity contribution in [1.29, 1.82) is 0 Å². The number of primary amides is 1. The number of H-pyrrole nitrogens is 1. The molecule has 0 saturated heterocycles. The number of amides is 1. The zero-order valence-corrected chi connectivity index (χ0v) is 11.9. The lowest BCUT2D eigenvalue weighted by molar-refractivity contribution is 0.100. The van der Waals surface area contributed by atoms with E-state index in [4.69, 9.17) is 17.3 Å². The Hall–Kier alpha value is -2.06. The number of aromatic nitrogens is 2. The van der Waals surface area contributed by atoms with E-state index in [0.717, 1.165) is 0 Å². The van der Waals surface area contributed by atoms with E-state index < -0.39 is 15.9 Å². The SMILES string of the molecule is Cc1[nH]ncc1S(=O)(=O)Nc1ccc(Cl)c(C(N)=O)c1. The predicted octanol–water partition coefficient (Wildman–Crippen LogP) is 1.27. The van der Waals surface area contributed by atoms with Crippen molar-refractivity contribution in [3.63, 3.8) is 0 Å². The lowest BCUT2D eigenvalue weighted by atomic mass is 10.2. The number of carbonyl (C=O) groups excluding carboxylic acids is 1. The summed E-state index contributed by atoms with van der Waals surface area (Å²) in [5.41, 5.74) is 5.78. The molecule has 7 nitrogen and oxygen atoms in total. The van der Waals surface area contributed by atoms with Gasteiger partial charge in [-0.05, 0) is 25.1 Å². The van der Waals surface area contributed by atoms with Crippen molar-refractivity contribution in [1.82, 2.24) is 10.2 Å². The molecule has 0 bridgehead atoms. The number of hydrogen-bond acceptors (Lipinski definition) is 4. The van der Waals surface area contributed by atoms with Gasteiger partial charge in [0.2, 0.25) is 5.91 Å². The van der Waals surface area contributed by atoms with E-state index in [-0.39, 0.29) is 21.2 Å². The number of nitrogens with one attached hydrogen (secondary N) is 2. The lowest BCUT2D eigenvalue weighted by Gasteiger charge is -2.09. The normalized spacial score (nSPS) is 11.3. The van der Waals surface area contributed by atoms with Crippen LogP contribution in [0.5, 0.6) is 0 Å². The van der Waals surface area contributed by atoms with Crippen molar-refractivity contribution in [2.45, 2.75) is 11.8 Å². The van der Waals surface area contributed by atoms with Crippen molar-refractivity contribution < 1.29 is 13.2 Å². The molecule has 4 N–H and O–H groups in total. The Morgan fingerprint density at radius 2 is 2.15 bits per heavy atom. The van der Waals surface area contributed by atoms with Crippen LogP contribution in [0.25, 0.3) is 0 Å². The quantitative estimate of drug-likeness (QED) is 0.787. The summed E-state index contributed by atoms with van der Waals surface area (Å²) in [4.78, 5) is 11.2. The first-order valence-corrected chi connectivity index (χ1v) is 7.29. The van der Waals surface area contributed by atoms with E-state index in [2.05, 4.69) is 14.9 Å². The van der Waals surface area contributed by atoms with E-state index in [1.54, 1.807) is 6.92 Å². The lowest BCUT2D eigenvalue weighted by Crippen LogP contribution is -2.15. The number of anilines is 1. The summed E-state index contributed by atoms with van der Waals surface area (Å²) in [7, 11) is -3.79. The summed E-state index contributed by atoms with van der Waals surface area (Å²) in [6.07, 6.45) is 1.20. The molecule has 1 aromatic carbocycles. The van der Waals surface area contributed by atoms with E-state index in [1.807, 2.05) is 0 Å². The van der Waals surface area contributed by atoms with Crippen LogP contribution in [0.1, 0.15) is 16.1 Å². The summed E-state index contributed by atoms with van der Waals surface area (Å²) in [5, 5.41) is 6.34. The second kappa shape index (κ2) is 5.14. The highest BCUT2D eigenvalue weighted by Crippen LogP contribution is 2.23. The highest BCUT2D eigenvalue weighted by molar-refractivity contribution is 7.92. The average molecular weight is 315 g/mol. The predicted molar refractivity (Wildman–Crippen MR) is 74.1 cm³/mol. The Morgan fingerprint density at radius 1 is 1.45 bits per heavy atom. The Labute approximate surface area is 120 Å². The molecule has 0 aliphatic heterocycles. The molecule has 2 rings (SSSR count). The molecule has 2 aromatic rings. The Kier molecular flexibility index (Phi) is 3.69. The largest absolute Gasteiger partial charge is 0.366 e. The van der Waals surface area contributed by atoms with E-state index in [1.165, 1.54) is 24.4 Å².